The van der Waals surface area contributed by atoms with Crippen LogP contribution in [0, 0.1) is 17.8 Å². The first kappa shape index (κ1) is 30.0. The zero-order valence-electron chi connectivity index (χ0n) is 21.4. The van der Waals surface area contributed by atoms with E-state index in [-0.39, 0.29) is 5.97 Å². The molecule has 3 atom stereocenters. The first-order valence-corrected chi connectivity index (χ1v) is 20.5. The van der Waals surface area contributed by atoms with E-state index in [2.05, 4.69) is 48.1 Å². The van der Waals surface area contributed by atoms with Crippen LogP contribution in [-0.2, 0) is 7.87 Å². The van der Waals surface area contributed by atoms with E-state index in [9.17, 15) is 4.79 Å². The summed E-state index contributed by atoms with van der Waals surface area (Å²) in [5, 5.41) is 0. The van der Waals surface area contributed by atoms with E-state index in [1.807, 2.05) is 0 Å². The Bertz CT molecular complexity index is 389. The summed E-state index contributed by atoms with van der Waals surface area (Å²) in [6.07, 6.45) is 16.7. The van der Waals surface area contributed by atoms with E-state index < -0.39 is 18.8 Å². The SMILES string of the molecule is C=CC(=O)[O][Sn]([CH2]C(CC)CCCC)([CH2]C(CC)CCCC)[CH2]C(CC)CCCC. The van der Waals surface area contributed by atoms with E-state index in [0.717, 1.165) is 17.8 Å². The molecule has 0 amide bonds. The molecular formula is C27H54O2Sn. The van der Waals surface area contributed by atoms with Crippen LogP contribution >= 0.6 is 0 Å². The predicted molar refractivity (Wildman–Crippen MR) is 136 cm³/mol. The second-order valence-corrected chi connectivity index (χ2v) is 20.5. The van der Waals surface area contributed by atoms with Gasteiger partial charge in [-0.3, -0.25) is 0 Å². The maximum atomic E-state index is 12.6. The van der Waals surface area contributed by atoms with Crippen LogP contribution in [0.1, 0.15) is 119 Å². The van der Waals surface area contributed by atoms with Crippen molar-refractivity contribution in [1.29, 1.82) is 0 Å². The Hall–Kier alpha value is 0.00870. The average Bonchev–Trinajstić information content (AvgIpc) is 2.76. The van der Waals surface area contributed by atoms with Gasteiger partial charge in [0, 0.05) is 0 Å². The fourth-order valence-electron chi connectivity index (χ4n) is 5.04. The van der Waals surface area contributed by atoms with E-state index in [4.69, 9.17) is 3.07 Å². The standard InChI is InChI=1S/3C8H17.C3H4O2.Sn/c3*1-4-6-7-8(3)5-2;1-2-3(4)5;/h3*8H,3-7H2,1-2H3;2H,1H2,(H,4,5);/q;;;;+1/p-1. The van der Waals surface area contributed by atoms with Crippen LogP contribution in [0.4, 0.5) is 0 Å². The summed E-state index contributed by atoms with van der Waals surface area (Å²) in [5.41, 5.74) is 0. The Labute approximate surface area is 194 Å². The summed E-state index contributed by atoms with van der Waals surface area (Å²) in [6.45, 7) is 17.6. The fourth-order valence-corrected chi connectivity index (χ4v) is 21.9. The van der Waals surface area contributed by atoms with Gasteiger partial charge in [0.05, 0.1) is 0 Å². The minimum atomic E-state index is -3.16. The van der Waals surface area contributed by atoms with Gasteiger partial charge >= 0.3 is 195 Å². The number of hydrogen-bond acceptors (Lipinski definition) is 2. The molecule has 0 saturated heterocycles. The van der Waals surface area contributed by atoms with Crippen LogP contribution in [0.15, 0.2) is 12.7 Å². The normalized spacial score (nSPS) is 16.5. The topological polar surface area (TPSA) is 26.3 Å². The number of hydrogen-bond donors (Lipinski definition) is 0. The quantitative estimate of drug-likeness (QED) is 0.116. The Morgan fingerprint density at radius 2 is 1.07 bits per heavy atom. The molecule has 0 saturated carbocycles. The zero-order valence-corrected chi connectivity index (χ0v) is 24.3. The molecule has 0 bridgehead atoms. The molecule has 0 aromatic rings. The molecule has 0 radical (unpaired) electrons. The van der Waals surface area contributed by atoms with Crippen molar-refractivity contribution in [2.75, 3.05) is 0 Å². The molecular weight excluding hydrogens is 475 g/mol. The number of carbonyl (C=O) groups excluding carboxylic acids is 1. The van der Waals surface area contributed by atoms with Crippen molar-refractivity contribution in [3.05, 3.63) is 12.7 Å². The molecule has 30 heavy (non-hydrogen) atoms. The monoisotopic (exact) mass is 530 g/mol. The third kappa shape index (κ3) is 12.8. The molecule has 0 aliphatic carbocycles. The van der Waals surface area contributed by atoms with Crippen LogP contribution in [-0.4, -0.2) is 24.8 Å². The first-order valence-electron chi connectivity index (χ1n) is 13.3. The Morgan fingerprint density at radius 3 is 1.30 bits per heavy atom. The van der Waals surface area contributed by atoms with E-state index in [0.29, 0.717) is 0 Å². The molecule has 0 aliphatic heterocycles. The van der Waals surface area contributed by atoms with Crippen molar-refractivity contribution in [2.24, 2.45) is 17.8 Å². The van der Waals surface area contributed by atoms with Crippen LogP contribution < -0.4 is 0 Å². The molecule has 0 aromatic carbocycles. The van der Waals surface area contributed by atoms with Gasteiger partial charge in [-0.2, -0.15) is 0 Å². The van der Waals surface area contributed by atoms with Gasteiger partial charge < -0.3 is 0 Å². The molecule has 0 aromatic heterocycles. The Balaban J connectivity index is 5.87. The van der Waals surface area contributed by atoms with Gasteiger partial charge in [-0.05, 0) is 0 Å². The average molecular weight is 529 g/mol. The van der Waals surface area contributed by atoms with Gasteiger partial charge in [-0.25, -0.2) is 0 Å². The molecule has 2 nitrogen and oxygen atoms in total. The number of rotatable bonds is 20. The van der Waals surface area contributed by atoms with E-state index >= 15 is 0 Å². The number of unbranched alkanes of at least 4 members (excludes halogenated alkanes) is 3. The third-order valence-corrected chi connectivity index (χ3v) is 20.2. The van der Waals surface area contributed by atoms with Gasteiger partial charge in [0.2, 0.25) is 0 Å². The molecule has 0 rings (SSSR count). The summed E-state index contributed by atoms with van der Waals surface area (Å²) < 4.78 is 10.3. The van der Waals surface area contributed by atoms with Gasteiger partial charge in [0.1, 0.15) is 0 Å². The predicted octanol–water partition coefficient (Wildman–Crippen LogP) is 9.31. The van der Waals surface area contributed by atoms with Gasteiger partial charge in [0.25, 0.3) is 0 Å². The maximum absolute atomic E-state index is 12.6. The summed E-state index contributed by atoms with van der Waals surface area (Å²) in [7, 11) is 0. The molecule has 0 spiro atoms. The minimum absolute atomic E-state index is 0.133. The van der Waals surface area contributed by atoms with Crippen molar-refractivity contribution < 1.29 is 7.87 Å². The Kier molecular flexibility index (Phi) is 18.6. The van der Waals surface area contributed by atoms with Gasteiger partial charge in [-0.15, -0.1) is 0 Å². The number of carbonyl (C=O) groups is 1. The summed E-state index contributed by atoms with van der Waals surface area (Å²) in [4.78, 5) is 12.6. The van der Waals surface area contributed by atoms with Crippen LogP contribution in [0.3, 0.4) is 0 Å². The second kappa shape index (κ2) is 18.6. The van der Waals surface area contributed by atoms with Crippen LogP contribution in [0.5, 0.6) is 0 Å². The summed E-state index contributed by atoms with van der Waals surface area (Å²) in [5.74, 6) is 2.05. The van der Waals surface area contributed by atoms with Crippen molar-refractivity contribution in [2.45, 2.75) is 132 Å². The summed E-state index contributed by atoms with van der Waals surface area (Å²) in [6, 6.07) is 0. The van der Waals surface area contributed by atoms with Crippen molar-refractivity contribution in [1.82, 2.24) is 0 Å². The molecule has 3 heteroatoms. The molecule has 0 N–H and O–H groups in total. The Morgan fingerprint density at radius 1 is 0.733 bits per heavy atom. The van der Waals surface area contributed by atoms with Crippen LogP contribution in [0.25, 0.3) is 0 Å². The van der Waals surface area contributed by atoms with E-state index in [1.54, 1.807) is 0 Å². The van der Waals surface area contributed by atoms with E-state index in [1.165, 1.54) is 96.4 Å². The van der Waals surface area contributed by atoms with Crippen molar-refractivity contribution in [3.8, 4) is 0 Å². The molecule has 0 aliphatic rings. The molecule has 0 heterocycles. The second-order valence-electron chi connectivity index (χ2n) is 9.67. The van der Waals surface area contributed by atoms with Gasteiger partial charge in [0.15, 0.2) is 0 Å². The third-order valence-electron chi connectivity index (χ3n) is 7.10. The van der Waals surface area contributed by atoms with Crippen LogP contribution in [0.2, 0.25) is 13.3 Å². The van der Waals surface area contributed by atoms with Gasteiger partial charge in [-0.1, -0.05) is 0 Å². The molecule has 0 fully saturated rings. The molecule has 178 valence electrons. The zero-order chi connectivity index (χ0) is 22.8. The first-order chi connectivity index (χ1) is 14.4. The van der Waals surface area contributed by atoms with Crippen molar-refractivity contribution >= 4 is 24.8 Å². The fraction of sp³-hybridized carbons (Fsp3) is 0.889. The molecule has 3 unspecified atom stereocenters. The van der Waals surface area contributed by atoms with Crippen molar-refractivity contribution in [3.63, 3.8) is 0 Å². The summed E-state index contributed by atoms with van der Waals surface area (Å²) >= 11 is -3.16.